The van der Waals surface area contributed by atoms with Crippen molar-refractivity contribution < 1.29 is 9.47 Å². The minimum Gasteiger partial charge on any atom is -0.486 e. The van der Waals surface area contributed by atoms with Crippen LogP contribution >= 0.6 is 0 Å². The van der Waals surface area contributed by atoms with Gasteiger partial charge in [-0.2, -0.15) is 0 Å². The van der Waals surface area contributed by atoms with E-state index in [0.717, 1.165) is 37.3 Å². The van der Waals surface area contributed by atoms with E-state index in [4.69, 9.17) is 9.47 Å². The number of ether oxygens (including phenoxy) is 2. The molecule has 1 aliphatic rings. The van der Waals surface area contributed by atoms with Gasteiger partial charge < -0.3 is 14.8 Å². The summed E-state index contributed by atoms with van der Waals surface area (Å²) in [5, 5.41) is 3.53. The van der Waals surface area contributed by atoms with E-state index in [1.807, 2.05) is 12.1 Å². The molecule has 1 N–H and O–H groups in total. The topological polar surface area (TPSA) is 30.5 Å². The molecule has 1 unspecified atom stereocenters. The van der Waals surface area contributed by atoms with Crippen molar-refractivity contribution in [2.45, 2.75) is 32.2 Å². The molecule has 1 atom stereocenters. The van der Waals surface area contributed by atoms with Crippen LogP contribution in [0.4, 0.5) is 0 Å². The van der Waals surface area contributed by atoms with Crippen molar-refractivity contribution in [3.05, 3.63) is 36.4 Å². The molecule has 1 heterocycles. The highest BCUT2D eigenvalue weighted by Crippen LogP contribution is 2.30. The van der Waals surface area contributed by atoms with E-state index in [0.29, 0.717) is 19.3 Å². The maximum absolute atomic E-state index is 5.59. The first kappa shape index (κ1) is 13.9. The van der Waals surface area contributed by atoms with Gasteiger partial charge in [0.15, 0.2) is 11.5 Å². The van der Waals surface area contributed by atoms with Crippen LogP contribution in [0.15, 0.2) is 30.9 Å². The number of nitrogens with one attached hydrogen (secondary N) is 1. The normalized spacial score (nSPS) is 15.0. The number of benzene rings is 1. The minimum absolute atomic E-state index is 0.537. The summed E-state index contributed by atoms with van der Waals surface area (Å²) in [4.78, 5) is 0. The average molecular weight is 261 g/mol. The van der Waals surface area contributed by atoms with Crippen LogP contribution in [0.5, 0.6) is 11.5 Å². The Bertz CT molecular complexity index is 417. The summed E-state index contributed by atoms with van der Waals surface area (Å²) in [6, 6.07) is 6.74. The van der Waals surface area contributed by atoms with Crippen molar-refractivity contribution in [2.75, 3.05) is 19.8 Å². The zero-order valence-electron chi connectivity index (χ0n) is 11.7. The van der Waals surface area contributed by atoms with Crippen LogP contribution < -0.4 is 14.8 Å². The van der Waals surface area contributed by atoms with Gasteiger partial charge in [-0.05, 0) is 50.4 Å². The van der Waals surface area contributed by atoms with Gasteiger partial charge in [0.05, 0.1) is 0 Å². The second kappa shape index (κ2) is 7.19. The molecule has 0 aromatic heterocycles. The molecule has 0 saturated carbocycles. The highest BCUT2D eigenvalue weighted by Gasteiger charge is 2.11. The predicted molar refractivity (Wildman–Crippen MR) is 78.0 cm³/mol. The van der Waals surface area contributed by atoms with Gasteiger partial charge in [-0.1, -0.05) is 12.1 Å². The van der Waals surface area contributed by atoms with Crippen LogP contribution in [0.2, 0.25) is 0 Å². The fourth-order valence-corrected chi connectivity index (χ4v) is 2.18. The summed E-state index contributed by atoms with van der Waals surface area (Å²) < 4.78 is 11.1. The van der Waals surface area contributed by atoms with Crippen molar-refractivity contribution in [1.29, 1.82) is 0 Å². The summed E-state index contributed by atoms with van der Waals surface area (Å²) in [7, 11) is 0. The van der Waals surface area contributed by atoms with Crippen LogP contribution in [0, 0.1) is 0 Å². The Labute approximate surface area is 115 Å². The number of rotatable bonds is 7. The Morgan fingerprint density at radius 2 is 2.11 bits per heavy atom. The summed E-state index contributed by atoms with van der Waals surface area (Å²) in [6.07, 6.45) is 5.19. The van der Waals surface area contributed by atoms with Crippen LogP contribution in [0.25, 0.3) is 0 Å². The highest BCUT2D eigenvalue weighted by molar-refractivity contribution is 5.43. The van der Waals surface area contributed by atoms with Crippen molar-refractivity contribution in [2.24, 2.45) is 0 Å². The third kappa shape index (κ3) is 4.28. The van der Waals surface area contributed by atoms with E-state index < -0.39 is 0 Å². The van der Waals surface area contributed by atoms with Gasteiger partial charge in [0.2, 0.25) is 0 Å². The Morgan fingerprint density at radius 1 is 1.32 bits per heavy atom. The summed E-state index contributed by atoms with van der Waals surface area (Å²) >= 11 is 0. The van der Waals surface area contributed by atoms with Gasteiger partial charge in [-0.15, -0.1) is 6.58 Å². The monoisotopic (exact) mass is 261 g/mol. The first-order valence-corrected chi connectivity index (χ1v) is 7.02. The lowest BCUT2D eigenvalue weighted by Crippen LogP contribution is -2.27. The molecule has 104 valence electrons. The average Bonchev–Trinajstić information content (AvgIpc) is 2.45. The van der Waals surface area contributed by atoms with Crippen molar-refractivity contribution in [1.82, 2.24) is 5.32 Å². The van der Waals surface area contributed by atoms with Gasteiger partial charge in [-0.25, -0.2) is 0 Å². The lowest BCUT2D eigenvalue weighted by atomic mass is 10.1. The highest BCUT2D eigenvalue weighted by atomic mass is 16.6. The minimum atomic E-state index is 0.537. The molecule has 19 heavy (non-hydrogen) atoms. The number of hydrogen-bond donors (Lipinski definition) is 1. The van der Waals surface area contributed by atoms with Crippen LogP contribution in [0.3, 0.4) is 0 Å². The SMILES string of the molecule is C=CCCC(C)NCCc1ccc2c(c1)OCCO2. The molecule has 3 nitrogen and oxygen atoms in total. The molecule has 3 heteroatoms. The maximum Gasteiger partial charge on any atom is 0.161 e. The molecule has 0 spiro atoms. The molecule has 0 radical (unpaired) electrons. The molecule has 0 fully saturated rings. The Hall–Kier alpha value is -1.48. The Kier molecular flexibility index (Phi) is 5.28. The predicted octanol–water partition coefficient (Wildman–Crippen LogP) is 2.94. The van der Waals surface area contributed by atoms with Crippen molar-refractivity contribution in [3.8, 4) is 11.5 Å². The van der Waals surface area contributed by atoms with Crippen molar-refractivity contribution in [3.63, 3.8) is 0 Å². The molecular weight excluding hydrogens is 238 g/mol. The van der Waals surface area contributed by atoms with Gasteiger partial charge in [0.1, 0.15) is 13.2 Å². The van der Waals surface area contributed by atoms with Crippen molar-refractivity contribution >= 4 is 0 Å². The Balaban J connectivity index is 1.78. The lowest BCUT2D eigenvalue weighted by molar-refractivity contribution is 0.171. The number of hydrogen-bond acceptors (Lipinski definition) is 3. The van der Waals surface area contributed by atoms with Crippen LogP contribution in [-0.2, 0) is 6.42 Å². The molecule has 1 aromatic carbocycles. The standard InChI is InChI=1S/C16H23NO2/c1-3-4-5-13(2)17-9-8-14-6-7-15-16(12-14)19-11-10-18-15/h3,6-7,12-13,17H,1,4-5,8-11H2,2H3. The summed E-state index contributed by atoms with van der Waals surface area (Å²) in [5.74, 6) is 1.74. The zero-order chi connectivity index (χ0) is 13.5. The molecule has 2 rings (SSSR count). The fourth-order valence-electron chi connectivity index (χ4n) is 2.18. The first-order valence-electron chi connectivity index (χ1n) is 7.02. The fraction of sp³-hybridized carbons (Fsp3) is 0.500. The molecule has 0 bridgehead atoms. The number of allylic oxidation sites excluding steroid dienone is 1. The molecule has 1 aromatic rings. The van der Waals surface area contributed by atoms with E-state index in [-0.39, 0.29) is 0 Å². The van der Waals surface area contributed by atoms with Gasteiger partial charge in [-0.3, -0.25) is 0 Å². The van der Waals surface area contributed by atoms with Gasteiger partial charge in [0, 0.05) is 6.04 Å². The zero-order valence-corrected chi connectivity index (χ0v) is 11.7. The number of fused-ring (bicyclic) bond motifs is 1. The quantitative estimate of drug-likeness (QED) is 0.765. The van der Waals surface area contributed by atoms with E-state index >= 15 is 0 Å². The van der Waals surface area contributed by atoms with E-state index in [1.165, 1.54) is 5.56 Å². The second-order valence-electron chi connectivity index (χ2n) is 4.95. The smallest absolute Gasteiger partial charge is 0.161 e. The molecule has 1 aliphatic heterocycles. The first-order chi connectivity index (χ1) is 9.29. The summed E-state index contributed by atoms with van der Waals surface area (Å²) in [5.41, 5.74) is 1.28. The third-order valence-electron chi connectivity index (χ3n) is 3.32. The van der Waals surface area contributed by atoms with Gasteiger partial charge >= 0.3 is 0 Å². The second-order valence-corrected chi connectivity index (χ2v) is 4.95. The maximum atomic E-state index is 5.59. The van der Waals surface area contributed by atoms with E-state index in [2.05, 4.69) is 31.0 Å². The molecule has 0 aliphatic carbocycles. The molecule has 0 amide bonds. The largest absolute Gasteiger partial charge is 0.486 e. The van der Waals surface area contributed by atoms with Crippen LogP contribution in [-0.4, -0.2) is 25.8 Å². The van der Waals surface area contributed by atoms with Gasteiger partial charge in [0.25, 0.3) is 0 Å². The van der Waals surface area contributed by atoms with E-state index in [1.54, 1.807) is 0 Å². The Morgan fingerprint density at radius 3 is 2.89 bits per heavy atom. The molecular formula is C16H23NO2. The van der Waals surface area contributed by atoms with Crippen LogP contribution in [0.1, 0.15) is 25.3 Å². The van der Waals surface area contributed by atoms with E-state index in [9.17, 15) is 0 Å². The third-order valence-corrected chi connectivity index (χ3v) is 3.32. The summed E-state index contributed by atoms with van der Waals surface area (Å²) in [6.45, 7) is 8.24. The molecule has 0 saturated heterocycles. The lowest BCUT2D eigenvalue weighted by Gasteiger charge is -2.19.